The molecule has 4 aromatic rings. The molecular weight excluding hydrogens is 439 g/mol. The Bertz CT molecular complexity index is 1220. The van der Waals surface area contributed by atoms with Gasteiger partial charge in [0.2, 0.25) is 0 Å². The number of benzene rings is 4. The van der Waals surface area contributed by atoms with E-state index < -0.39 is 0 Å². The van der Waals surface area contributed by atoms with Crippen molar-refractivity contribution in [3.8, 4) is 11.1 Å². The molecule has 0 aliphatic rings. The quantitative estimate of drug-likeness (QED) is 0.221. The minimum Gasteiger partial charge on any atom is -0.279 e. The minimum atomic E-state index is 0.697. The van der Waals surface area contributed by atoms with Crippen LogP contribution in [-0.2, 0) is 0 Å². The van der Waals surface area contributed by atoms with Gasteiger partial charge in [-0.3, -0.25) is 10.9 Å². The van der Waals surface area contributed by atoms with E-state index in [-0.39, 0.29) is 0 Å². The summed E-state index contributed by atoms with van der Waals surface area (Å²) in [5.74, 6) is 0. The summed E-state index contributed by atoms with van der Waals surface area (Å²) >= 11 is 11.8. The topological polar surface area (TPSA) is 48.8 Å². The number of halogens is 2. The summed E-state index contributed by atoms with van der Waals surface area (Å²) in [6.45, 7) is 0. The SMILES string of the molecule is Clc1ccc(N/N=C/c2ccc(-c3cccc(/C=N/Nc4ccc(Cl)cc4)c3)cc2)cc1. The molecule has 0 atom stereocenters. The van der Waals surface area contributed by atoms with Gasteiger partial charge in [0.25, 0.3) is 0 Å². The molecule has 0 saturated heterocycles. The second-order valence-electron chi connectivity index (χ2n) is 7.00. The molecule has 0 aliphatic carbocycles. The van der Waals surface area contributed by atoms with Gasteiger partial charge in [0.15, 0.2) is 0 Å². The zero-order valence-electron chi connectivity index (χ0n) is 17.0. The van der Waals surface area contributed by atoms with Crippen LogP contribution in [0.4, 0.5) is 11.4 Å². The molecule has 0 aromatic heterocycles. The van der Waals surface area contributed by atoms with Crippen LogP contribution in [0, 0.1) is 0 Å². The van der Waals surface area contributed by atoms with Crippen LogP contribution in [0.5, 0.6) is 0 Å². The van der Waals surface area contributed by atoms with Crippen LogP contribution < -0.4 is 10.9 Å². The van der Waals surface area contributed by atoms with Crippen LogP contribution in [-0.4, -0.2) is 12.4 Å². The van der Waals surface area contributed by atoms with E-state index in [1.807, 2.05) is 72.8 Å². The van der Waals surface area contributed by atoms with Crippen molar-refractivity contribution in [3.63, 3.8) is 0 Å². The summed E-state index contributed by atoms with van der Waals surface area (Å²) < 4.78 is 0. The molecule has 4 rings (SSSR count). The third-order valence-electron chi connectivity index (χ3n) is 4.63. The number of hydrogen-bond acceptors (Lipinski definition) is 4. The first-order chi connectivity index (χ1) is 15.7. The van der Waals surface area contributed by atoms with Crippen molar-refractivity contribution in [2.75, 3.05) is 10.9 Å². The molecule has 0 saturated carbocycles. The fourth-order valence-electron chi connectivity index (χ4n) is 2.97. The monoisotopic (exact) mass is 458 g/mol. The molecule has 0 radical (unpaired) electrons. The molecule has 32 heavy (non-hydrogen) atoms. The number of hydrazone groups is 2. The van der Waals surface area contributed by atoms with E-state index in [1.54, 1.807) is 12.4 Å². The molecule has 158 valence electrons. The summed E-state index contributed by atoms with van der Waals surface area (Å²) in [6, 6.07) is 31.2. The Morgan fingerprint density at radius 1 is 0.531 bits per heavy atom. The van der Waals surface area contributed by atoms with E-state index in [0.29, 0.717) is 10.0 Å². The van der Waals surface area contributed by atoms with E-state index >= 15 is 0 Å². The first kappa shape index (κ1) is 21.6. The van der Waals surface area contributed by atoms with Crippen molar-refractivity contribution in [2.24, 2.45) is 10.2 Å². The maximum absolute atomic E-state index is 5.90. The number of rotatable bonds is 7. The highest BCUT2D eigenvalue weighted by Crippen LogP contribution is 2.21. The van der Waals surface area contributed by atoms with Gasteiger partial charge in [-0.05, 0) is 76.9 Å². The van der Waals surface area contributed by atoms with E-state index in [2.05, 4.69) is 45.3 Å². The Balaban J connectivity index is 1.38. The van der Waals surface area contributed by atoms with Crippen LogP contribution in [0.15, 0.2) is 107 Å². The zero-order valence-corrected chi connectivity index (χ0v) is 18.6. The predicted octanol–water partition coefficient (Wildman–Crippen LogP) is 7.55. The average molecular weight is 459 g/mol. The number of nitrogens with one attached hydrogen (secondary N) is 2. The Hall–Kier alpha value is -3.60. The van der Waals surface area contributed by atoms with Gasteiger partial charge in [-0.2, -0.15) is 10.2 Å². The van der Waals surface area contributed by atoms with Crippen molar-refractivity contribution in [3.05, 3.63) is 118 Å². The van der Waals surface area contributed by atoms with Crippen molar-refractivity contribution in [1.29, 1.82) is 0 Å². The smallest absolute Gasteiger partial charge is 0.0562 e. The van der Waals surface area contributed by atoms with Gasteiger partial charge in [-0.25, -0.2) is 0 Å². The van der Waals surface area contributed by atoms with E-state index in [4.69, 9.17) is 23.2 Å². The van der Waals surface area contributed by atoms with Gasteiger partial charge >= 0.3 is 0 Å². The fraction of sp³-hybridized carbons (Fsp3) is 0. The highest BCUT2D eigenvalue weighted by atomic mass is 35.5. The molecule has 6 heteroatoms. The normalized spacial score (nSPS) is 11.2. The van der Waals surface area contributed by atoms with E-state index in [0.717, 1.165) is 33.6 Å². The summed E-state index contributed by atoms with van der Waals surface area (Å²) in [5, 5.41) is 9.97. The van der Waals surface area contributed by atoms with Crippen LogP contribution in [0.3, 0.4) is 0 Å². The molecule has 2 N–H and O–H groups in total. The molecule has 0 bridgehead atoms. The summed E-state index contributed by atoms with van der Waals surface area (Å²) in [7, 11) is 0. The Kier molecular flexibility index (Phi) is 7.18. The van der Waals surface area contributed by atoms with Crippen LogP contribution in [0.25, 0.3) is 11.1 Å². The van der Waals surface area contributed by atoms with Crippen molar-refractivity contribution in [1.82, 2.24) is 0 Å². The highest BCUT2D eigenvalue weighted by molar-refractivity contribution is 6.30. The van der Waals surface area contributed by atoms with Gasteiger partial charge in [0, 0.05) is 10.0 Å². The van der Waals surface area contributed by atoms with Crippen molar-refractivity contribution in [2.45, 2.75) is 0 Å². The third kappa shape index (κ3) is 6.20. The second-order valence-corrected chi connectivity index (χ2v) is 7.87. The van der Waals surface area contributed by atoms with Gasteiger partial charge in [-0.15, -0.1) is 0 Å². The maximum Gasteiger partial charge on any atom is 0.0562 e. The van der Waals surface area contributed by atoms with Crippen LogP contribution >= 0.6 is 23.2 Å². The van der Waals surface area contributed by atoms with E-state index in [1.165, 1.54) is 0 Å². The molecule has 4 nitrogen and oxygen atoms in total. The van der Waals surface area contributed by atoms with Gasteiger partial charge < -0.3 is 0 Å². The predicted molar refractivity (Wildman–Crippen MR) is 137 cm³/mol. The molecule has 0 aliphatic heterocycles. The Morgan fingerprint density at radius 2 is 1.06 bits per heavy atom. The molecule has 0 unspecified atom stereocenters. The highest BCUT2D eigenvalue weighted by Gasteiger charge is 1.99. The number of hydrogen-bond donors (Lipinski definition) is 2. The Morgan fingerprint density at radius 3 is 1.62 bits per heavy atom. The molecule has 0 spiro atoms. The fourth-order valence-corrected chi connectivity index (χ4v) is 3.22. The molecule has 0 amide bonds. The minimum absolute atomic E-state index is 0.697. The lowest BCUT2D eigenvalue weighted by molar-refractivity contribution is 1.35. The first-order valence-electron chi connectivity index (χ1n) is 9.95. The van der Waals surface area contributed by atoms with Crippen molar-refractivity contribution < 1.29 is 0 Å². The number of nitrogens with zero attached hydrogens (tertiary/aromatic N) is 2. The lowest BCUT2D eigenvalue weighted by atomic mass is 10.0. The second kappa shape index (κ2) is 10.6. The Labute approximate surface area is 197 Å². The summed E-state index contributed by atoms with van der Waals surface area (Å²) in [5.41, 5.74) is 12.0. The lowest BCUT2D eigenvalue weighted by Gasteiger charge is -2.04. The molecule has 4 aromatic carbocycles. The molecule has 0 heterocycles. The molecular formula is C26H20Cl2N4. The summed E-state index contributed by atoms with van der Waals surface area (Å²) in [6.07, 6.45) is 3.57. The van der Waals surface area contributed by atoms with Gasteiger partial charge in [-0.1, -0.05) is 65.7 Å². The van der Waals surface area contributed by atoms with Crippen molar-refractivity contribution >= 4 is 47.0 Å². The van der Waals surface area contributed by atoms with E-state index in [9.17, 15) is 0 Å². The standard InChI is InChI=1S/C26H20Cl2N4/c27-23-8-12-25(13-9-23)31-29-17-19-4-6-21(7-5-19)22-3-1-2-20(16-22)18-30-32-26-14-10-24(28)11-15-26/h1-18,31-32H/b29-17+,30-18+. The number of anilines is 2. The zero-order chi connectivity index (χ0) is 22.2. The van der Waals surface area contributed by atoms with Gasteiger partial charge in [0.05, 0.1) is 23.8 Å². The van der Waals surface area contributed by atoms with Crippen LogP contribution in [0.2, 0.25) is 10.0 Å². The summed E-state index contributed by atoms with van der Waals surface area (Å²) in [4.78, 5) is 0. The van der Waals surface area contributed by atoms with Crippen LogP contribution in [0.1, 0.15) is 11.1 Å². The largest absolute Gasteiger partial charge is 0.279 e. The lowest BCUT2D eigenvalue weighted by Crippen LogP contribution is -1.91. The van der Waals surface area contributed by atoms with Gasteiger partial charge in [0.1, 0.15) is 0 Å². The maximum atomic E-state index is 5.90. The third-order valence-corrected chi connectivity index (χ3v) is 5.14. The molecule has 0 fully saturated rings. The average Bonchev–Trinajstić information content (AvgIpc) is 2.82. The first-order valence-corrected chi connectivity index (χ1v) is 10.7.